The zero-order valence-corrected chi connectivity index (χ0v) is 9.08. The van der Waals surface area contributed by atoms with Crippen LogP contribution in [-0.2, 0) is 4.79 Å². The first kappa shape index (κ1) is 10.5. The van der Waals surface area contributed by atoms with Gasteiger partial charge in [0, 0.05) is 11.8 Å². The quantitative estimate of drug-likeness (QED) is 0.723. The zero-order valence-electron chi connectivity index (χ0n) is 7.44. The van der Waals surface area contributed by atoms with E-state index in [1.165, 1.54) is 21.6 Å². The Bertz CT molecular complexity index is 282. The maximum absolute atomic E-state index is 10.7. The molecule has 70 valence electrons. The van der Waals surface area contributed by atoms with Crippen molar-refractivity contribution in [2.45, 2.75) is 11.8 Å². The Hall–Kier alpha value is -0.610. The van der Waals surface area contributed by atoms with Crippen LogP contribution in [0.25, 0.3) is 0 Å². The van der Waals surface area contributed by atoms with Crippen molar-refractivity contribution in [3.8, 4) is 5.75 Å². The van der Waals surface area contributed by atoms with E-state index < -0.39 is 0 Å². The molecule has 2 nitrogen and oxygen atoms in total. The average molecular weight is 214 g/mol. The molecule has 0 spiro atoms. The number of carbonyl (C=O) groups excluding carboxylic acids is 1. The fraction of sp³-hybridized carbons (Fsp3) is 0.222. The van der Waals surface area contributed by atoms with Crippen LogP contribution >= 0.6 is 21.6 Å². The van der Waals surface area contributed by atoms with Crippen LogP contribution in [0.1, 0.15) is 6.92 Å². The maximum atomic E-state index is 10.7. The molecule has 4 heteroatoms. The Kier molecular flexibility index (Phi) is 4.18. The molecule has 0 aliphatic heterocycles. The largest absolute Gasteiger partial charge is 0.497 e. The van der Waals surface area contributed by atoms with Crippen LogP contribution in [0.4, 0.5) is 0 Å². The van der Waals surface area contributed by atoms with E-state index >= 15 is 0 Å². The first-order valence-electron chi connectivity index (χ1n) is 3.71. The van der Waals surface area contributed by atoms with Gasteiger partial charge < -0.3 is 4.74 Å². The van der Waals surface area contributed by atoms with Crippen molar-refractivity contribution in [2.24, 2.45) is 0 Å². The lowest BCUT2D eigenvalue weighted by atomic mass is 10.3. The molecule has 0 aliphatic rings. The van der Waals surface area contributed by atoms with Crippen molar-refractivity contribution in [1.82, 2.24) is 0 Å². The van der Waals surface area contributed by atoms with E-state index in [9.17, 15) is 4.79 Å². The second-order valence-electron chi connectivity index (χ2n) is 2.33. The Morgan fingerprint density at radius 2 is 1.92 bits per heavy atom. The zero-order chi connectivity index (χ0) is 9.68. The van der Waals surface area contributed by atoms with Crippen molar-refractivity contribution >= 4 is 26.7 Å². The third kappa shape index (κ3) is 3.74. The topological polar surface area (TPSA) is 26.3 Å². The summed E-state index contributed by atoms with van der Waals surface area (Å²) in [4.78, 5) is 11.7. The van der Waals surface area contributed by atoms with E-state index in [0.717, 1.165) is 10.6 Å². The van der Waals surface area contributed by atoms with Gasteiger partial charge in [0.15, 0.2) is 5.12 Å². The van der Waals surface area contributed by atoms with Crippen LogP contribution in [0.3, 0.4) is 0 Å². The maximum Gasteiger partial charge on any atom is 0.196 e. The molecule has 0 fully saturated rings. The summed E-state index contributed by atoms with van der Waals surface area (Å²) in [7, 11) is 4.33. The SMILES string of the molecule is COc1ccc(SSC(C)=O)cc1. The molecule has 0 aromatic heterocycles. The van der Waals surface area contributed by atoms with E-state index in [1.807, 2.05) is 24.3 Å². The fourth-order valence-corrected chi connectivity index (χ4v) is 2.17. The lowest BCUT2D eigenvalue weighted by Crippen LogP contribution is -1.81. The minimum atomic E-state index is 0.112. The molecule has 1 rings (SSSR count). The molecule has 0 heterocycles. The molecule has 0 N–H and O–H groups in total. The molecule has 0 radical (unpaired) electrons. The fourth-order valence-electron chi connectivity index (χ4n) is 0.738. The van der Waals surface area contributed by atoms with E-state index in [0.29, 0.717) is 0 Å². The van der Waals surface area contributed by atoms with Gasteiger partial charge in [0.05, 0.1) is 7.11 Å². The Morgan fingerprint density at radius 3 is 2.38 bits per heavy atom. The highest BCUT2D eigenvalue weighted by molar-refractivity contribution is 8.82. The predicted molar refractivity (Wildman–Crippen MR) is 57.1 cm³/mol. The highest BCUT2D eigenvalue weighted by Crippen LogP contribution is 2.32. The van der Waals surface area contributed by atoms with Gasteiger partial charge in [0.1, 0.15) is 5.75 Å². The van der Waals surface area contributed by atoms with E-state index in [4.69, 9.17) is 4.74 Å². The third-order valence-electron chi connectivity index (χ3n) is 1.31. The number of benzene rings is 1. The second-order valence-corrected chi connectivity index (χ2v) is 4.71. The minimum absolute atomic E-state index is 0.112. The summed E-state index contributed by atoms with van der Waals surface area (Å²) >= 11 is 0. The molecule has 1 aromatic rings. The number of rotatable bonds is 3. The molecule has 0 saturated carbocycles. The van der Waals surface area contributed by atoms with Gasteiger partial charge in [-0.05, 0) is 45.9 Å². The summed E-state index contributed by atoms with van der Waals surface area (Å²) in [6.07, 6.45) is 0. The normalized spacial score (nSPS) is 9.69. The number of carbonyl (C=O) groups is 1. The summed E-state index contributed by atoms with van der Waals surface area (Å²) in [5, 5.41) is 0.112. The van der Waals surface area contributed by atoms with Crippen LogP contribution in [0.2, 0.25) is 0 Å². The van der Waals surface area contributed by atoms with Crippen LogP contribution in [0.15, 0.2) is 29.2 Å². The molecule has 13 heavy (non-hydrogen) atoms. The first-order chi connectivity index (χ1) is 6.22. The molecule has 0 atom stereocenters. The van der Waals surface area contributed by atoms with Gasteiger partial charge in [-0.2, -0.15) is 0 Å². The van der Waals surface area contributed by atoms with Crippen LogP contribution in [0.5, 0.6) is 5.75 Å². The molecule has 0 amide bonds. The first-order valence-corrected chi connectivity index (χ1v) is 5.86. The number of hydrogen-bond acceptors (Lipinski definition) is 4. The summed E-state index contributed by atoms with van der Waals surface area (Å²) in [5.41, 5.74) is 0. The molecule has 0 unspecified atom stereocenters. The van der Waals surface area contributed by atoms with Crippen LogP contribution in [0, 0.1) is 0 Å². The average Bonchev–Trinajstić information content (AvgIpc) is 2.15. The third-order valence-corrected chi connectivity index (χ3v) is 3.63. The highest BCUT2D eigenvalue weighted by Gasteiger charge is 1.98. The Balaban J connectivity index is 2.54. The van der Waals surface area contributed by atoms with Gasteiger partial charge in [0.25, 0.3) is 0 Å². The van der Waals surface area contributed by atoms with Gasteiger partial charge >= 0.3 is 0 Å². The van der Waals surface area contributed by atoms with E-state index in [-0.39, 0.29) is 5.12 Å². The van der Waals surface area contributed by atoms with Crippen molar-refractivity contribution < 1.29 is 9.53 Å². The van der Waals surface area contributed by atoms with Crippen LogP contribution in [-0.4, -0.2) is 12.2 Å². The Morgan fingerprint density at radius 1 is 1.31 bits per heavy atom. The molecule has 0 saturated heterocycles. The van der Waals surface area contributed by atoms with Crippen molar-refractivity contribution in [1.29, 1.82) is 0 Å². The number of ether oxygens (including phenoxy) is 1. The highest BCUT2D eigenvalue weighted by atomic mass is 33.1. The van der Waals surface area contributed by atoms with Gasteiger partial charge in [-0.15, -0.1) is 0 Å². The van der Waals surface area contributed by atoms with E-state index in [2.05, 4.69) is 0 Å². The summed E-state index contributed by atoms with van der Waals surface area (Å²) in [5.74, 6) is 0.831. The van der Waals surface area contributed by atoms with Crippen molar-refractivity contribution in [3.63, 3.8) is 0 Å². The number of methoxy groups -OCH3 is 1. The van der Waals surface area contributed by atoms with Gasteiger partial charge in [-0.1, -0.05) is 0 Å². The molecule has 1 aromatic carbocycles. The lowest BCUT2D eigenvalue weighted by Gasteiger charge is -2.00. The van der Waals surface area contributed by atoms with Gasteiger partial charge in [-0.25, -0.2) is 0 Å². The molecular weight excluding hydrogens is 204 g/mol. The summed E-state index contributed by atoms with van der Waals surface area (Å²) in [6, 6.07) is 7.62. The monoisotopic (exact) mass is 214 g/mol. The smallest absolute Gasteiger partial charge is 0.196 e. The summed E-state index contributed by atoms with van der Waals surface area (Å²) < 4.78 is 5.01. The minimum Gasteiger partial charge on any atom is -0.497 e. The summed E-state index contributed by atoms with van der Waals surface area (Å²) in [6.45, 7) is 1.56. The van der Waals surface area contributed by atoms with Crippen LogP contribution < -0.4 is 4.74 Å². The lowest BCUT2D eigenvalue weighted by molar-refractivity contribution is -0.109. The second kappa shape index (κ2) is 5.19. The standard InChI is InChI=1S/C9H10O2S2/c1-7(10)12-13-9-5-3-8(11-2)4-6-9/h3-6H,1-2H3. The predicted octanol–water partition coefficient (Wildman–Crippen LogP) is 2.98. The van der Waals surface area contributed by atoms with Gasteiger partial charge in [-0.3, -0.25) is 4.79 Å². The molecule has 0 aliphatic carbocycles. The molecular formula is C9H10O2S2. The van der Waals surface area contributed by atoms with Crippen molar-refractivity contribution in [2.75, 3.05) is 7.11 Å². The molecule has 0 bridgehead atoms. The van der Waals surface area contributed by atoms with E-state index in [1.54, 1.807) is 14.0 Å². The number of hydrogen-bond donors (Lipinski definition) is 0. The Labute approximate surface area is 85.4 Å². The van der Waals surface area contributed by atoms with Crippen molar-refractivity contribution in [3.05, 3.63) is 24.3 Å². The van der Waals surface area contributed by atoms with Gasteiger partial charge in [0.2, 0.25) is 0 Å².